The molecule has 0 aliphatic carbocycles. The maximum Gasteiger partial charge on any atom is 0.249 e. The lowest BCUT2D eigenvalue weighted by atomic mass is 10.2. The van der Waals surface area contributed by atoms with Crippen LogP contribution in [0.3, 0.4) is 0 Å². The Hall–Kier alpha value is -2.01. The van der Waals surface area contributed by atoms with Gasteiger partial charge in [-0.25, -0.2) is 0 Å². The Labute approximate surface area is 113 Å². The summed E-state index contributed by atoms with van der Waals surface area (Å²) in [7, 11) is 0. The van der Waals surface area contributed by atoms with Gasteiger partial charge in [-0.1, -0.05) is 6.07 Å². The van der Waals surface area contributed by atoms with Crippen molar-refractivity contribution in [1.82, 2.24) is 0 Å². The van der Waals surface area contributed by atoms with Crippen molar-refractivity contribution in [3.8, 4) is 0 Å². The van der Waals surface area contributed by atoms with Crippen molar-refractivity contribution in [1.29, 1.82) is 0 Å². The molecule has 4 nitrogen and oxygen atoms in total. The van der Waals surface area contributed by atoms with Gasteiger partial charge in [0, 0.05) is 21.5 Å². The molecule has 1 amide bonds. The van der Waals surface area contributed by atoms with Crippen LogP contribution in [-0.2, 0) is 0 Å². The van der Waals surface area contributed by atoms with Crippen LogP contribution in [0, 0.1) is 0 Å². The first kappa shape index (κ1) is 12.4. The predicted octanol–water partition coefficient (Wildman–Crippen LogP) is 2.87. The molecule has 0 radical (unpaired) electrons. The molecule has 92 valence electrons. The van der Waals surface area contributed by atoms with Gasteiger partial charge in [-0.3, -0.25) is 4.79 Å². The van der Waals surface area contributed by atoms with Crippen molar-refractivity contribution in [2.24, 2.45) is 5.73 Å². The van der Waals surface area contributed by atoms with Gasteiger partial charge in [-0.15, -0.1) is 0 Å². The minimum atomic E-state index is -0.461. The van der Waals surface area contributed by atoms with Crippen molar-refractivity contribution >= 4 is 38.9 Å². The van der Waals surface area contributed by atoms with Crippen LogP contribution in [0.25, 0.3) is 0 Å². The van der Waals surface area contributed by atoms with E-state index in [0.29, 0.717) is 15.7 Å². The fraction of sp³-hybridized carbons (Fsp3) is 0. The minimum Gasteiger partial charge on any atom is -0.399 e. The fourth-order valence-corrected chi connectivity index (χ4v) is 2.15. The summed E-state index contributed by atoms with van der Waals surface area (Å²) in [5.74, 6) is -0.461. The first-order valence-electron chi connectivity index (χ1n) is 5.28. The summed E-state index contributed by atoms with van der Waals surface area (Å²) in [6.07, 6.45) is 0. The van der Waals surface area contributed by atoms with Crippen molar-refractivity contribution in [3.63, 3.8) is 0 Å². The Kier molecular flexibility index (Phi) is 3.53. The lowest BCUT2D eigenvalue weighted by Gasteiger charge is -2.09. The number of rotatable bonds is 3. The number of amides is 1. The zero-order valence-corrected chi connectivity index (χ0v) is 11.1. The molecule has 0 saturated heterocycles. The van der Waals surface area contributed by atoms with Gasteiger partial charge in [-0.2, -0.15) is 0 Å². The highest BCUT2D eigenvalue weighted by Gasteiger charge is 2.06. The summed E-state index contributed by atoms with van der Waals surface area (Å²) in [6.45, 7) is 0. The molecule has 0 unspecified atom stereocenters. The number of hydrogen-bond donors (Lipinski definition) is 3. The molecule has 0 saturated carbocycles. The number of benzene rings is 2. The topological polar surface area (TPSA) is 81.1 Å². The summed E-state index contributed by atoms with van der Waals surface area (Å²) in [6, 6.07) is 12.7. The van der Waals surface area contributed by atoms with Crippen molar-refractivity contribution < 1.29 is 4.79 Å². The minimum absolute atomic E-state index is 0.452. The van der Waals surface area contributed by atoms with E-state index in [0.717, 1.165) is 11.4 Å². The quantitative estimate of drug-likeness (QED) is 0.763. The predicted molar refractivity (Wildman–Crippen MR) is 76.8 cm³/mol. The van der Waals surface area contributed by atoms with E-state index in [1.54, 1.807) is 18.2 Å². The second kappa shape index (κ2) is 5.10. The smallest absolute Gasteiger partial charge is 0.249 e. The highest BCUT2D eigenvalue weighted by molar-refractivity contribution is 9.10. The molecular formula is C13H12BrN3O. The Morgan fingerprint density at radius 2 is 1.83 bits per heavy atom. The first-order chi connectivity index (χ1) is 8.56. The molecule has 0 atom stereocenters. The third kappa shape index (κ3) is 2.81. The number of carbonyl (C=O) groups excluding carboxylic acids is 1. The average molecular weight is 306 g/mol. The number of primary amides is 1. The Morgan fingerprint density at radius 1 is 1.11 bits per heavy atom. The molecule has 0 aliphatic heterocycles. The van der Waals surface area contributed by atoms with Gasteiger partial charge in [0.25, 0.3) is 0 Å². The molecular weight excluding hydrogens is 294 g/mol. The standard InChI is InChI=1S/C13H12BrN3O/c14-12-7-10(4-5-11(12)13(16)18)17-9-3-1-2-8(15)6-9/h1-7,17H,15H2,(H2,16,18). The molecule has 5 N–H and O–H groups in total. The number of carbonyl (C=O) groups is 1. The number of nitrogens with two attached hydrogens (primary N) is 2. The van der Waals surface area contributed by atoms with E-state index in [9.17, 15) is 4.79 Å². The van der Waals surface area contributed by atoms with E-state index >= 15 is 0 Å². The summed E-state index contributed by atoms with van der Waals surface area (Å²) in [4.78, 5) is 11.1. The van der Waals surface area contributed by atoms with E-state index in [4.69, 9.17) is 11.5 Å². The van der Waals surface area contributed by atoms with E-state index in [1.807, 2.05) is 24.3 Å². The summed E-state index contributed by atoms with van der Waals surface area (Å²) >= 11 is 3.31. The Balaban J connectivity index is 2.25. The number of halogens is 1. The zero-order valence-electron chi connectivity index (χ0n) is 9.48. The van der Waals surface area contributed by atoms with Crippen LogP contribution in [0.2, 0.25) is 0 Å². The van der Waals surface area contributed by atoms with E-state index in [-0.39, 0.29) is 0 Å². The van der Waals surface area contributed by atoms with Crippen molar-refractivity contribution in [3.05, 3.63) is 52.5 Å². The molecule has 2 rings (SSSR count). The highest BCUT2D eigenvalue weighted by atomic mass is 79.9. The van der Waals surface area contributed by atoms with E-state index < -0.39 is 5.91 Å². The zero-order chi connectivity index (χ0) is 13.1. The van der Waals surface area contributed by atoms with E-state index in [2.05, 4.69) is 21.2 Å². The SMILES string of the molecule is NC(=O)c1ccc(Nc2cccc(N)c2)cc1Br. The molecule has 0 spiro atoms. The summed E-state index contributed by atoms with van der Waals surface area (Å²) in [5, 5.41) is 3.19. The molecule has 0 heterocycles. The third-order valence-corrected chi connectivity index (χ3v) is 3.07. The molecule has 18 heavy (non-hydrogen) atoms. The van der Waals surface area contributed by atoms with Gasteiger partial charge < -0.3 is 16.8 Å². The molecule has 2 aromatic rings. The van der Waals surface area contributed by atoms with Gasteiger partial charge in [0.2, 0.25) is 5.91 Å². The average Bonchev–Trinajstić information content (AvgIpc) is 2.28. The van der Waals surface area contributed by atoms with Gasteiger partial charge in [0.1, 0.15) is 0 Å². The lowest BCUT2D eigenvalue weighted by Crippen LogP contribution is -2.11. The largest absolute Gasteiger partial charge is 0.399 e. The van der Waals surface area contributed by atoms with Crippen LogP contribution in [0.5, 0.6) is 0 Å². The molecule has 5 heteroatoms. The van der Waals surface area contributed by atoms with Crippen molar-refractivity contribution in [2.45, 2.75) is 0 Å². The van der Waals surface area contributed by atoms with Crippen molar-refractivity contribution in [2.75, 3.05) is 11.1 Å². The van der Waals surface area contributed by atoms with Gasteiger partial charge in [0.05, 0.1) is 5.56 Å². The number of anilines is 3. The molecule has 0 bridgehead atoms. The van der Waals surface area contributed by atoms with Gasteiger partial charge >= 0.3 is 0 Å². The first-order valence-corrected chi connectivity index (χ1v) is 6.07. The lowest BCUT2D eigenvalue weighted by molar-refractivity contribution is 0.0999. The number of hydrogen-bond acceptors (Lipinski definition) is 3. The monoisotopic (exact) mass is 305 g/mol. The number of nitrogen functional groups attached to an aromatic ring is 1. The van der Waals surface area contributed by atoms with Crippen LogP contribution in [-0.4, -0.2) is 5.91 Å². The third-order valence-electron chi connectivity index (χ3n) is 2.41. The van der Waals surface area contributed by atoms with Gasteiger partial charge in [0.15, 0.2) is 0 Å². The van der Waals surface area contributed by atoms with Crippen LogP contribution >= 0.6 is 15.9 Å². The summed E-state index contributed by atoms with van der Waals surface area (Å²) < 4.78 is 0.656. The second-order valence-electron chi connectivity index (χ2n) is 3.81. The summed E-state index contributed by atoms with van der Waals surface area (Å²) in [5.41, 5.74) is 13.8. The van der Waals surface area contributed by atoms with Crippen LogP contribution in [0.4, 0.5) is 17.1 Å². The van der Waals surface area contributed by atoms with Gasteiger partial charge in [-0.05, 0) is 52.3 Å². The molecule has 0 aromatic heterocycles. The van der Waals surface area contributed by atoms with E-state index in [1.165, 1.54) is 0 Å². The Bertz CT molecular complexity index is 599. The molecule has 0 aliphatic rings. The Morgan fingerprint density at radius 3 is 2.44 bits per heavy atom. The fourth-order valence-electron chi connectivity index (χ4n) is 1.58. The molecule has 2 aromatic carbocycles. The molecule has 0 fully saturated rings. The van der Waals surface area contributed by atoms with Crippen LogP contribution < -0.4 is 16.8 Å². The second-order valence-corrected chi connectivity index (χ2v) is 4.66. The maximum absolute atomic E-state index is 11.1. The van der Waals surface area contributed by atoms with Crippen LogP contribution in [0.15, 0.2) is 46.9 Å². The highest BCUT2D eigenvalue weighted by Crippen LogP contribution is 2.24. The maximum atomic E-state index is 11.1. The normalized spacial score (nSPS) is 10.1. The number of nitrogens with one attached hydrogen (secondary N) is 1. The van der Waals surface area contributed by atoms with Crippen LogP contribution in [0.1, 0.15) is 10.4 Å².